The number of carboxylic acids is 1. The largest absolute Gasteiger partial charge is 0.481 e. The fourth-order valence-electron chi connectivity index (χ4n) is 0.654. The first-order valence-corrected chi connectivity index (χ1v) is 7.03. The number of aliphatic hydroxyl groups is 1. The molecule has 0 aromatic carbocycles. The van der Waals surface area contributed by atoms with Gasteiger partial charge in [0.25, 0.3) is 0 Å². The van der Waals surface area contributed by atoms with E-state index in [4.69, 9.17) is 10.2 Å². The van der Waals surface area contributed by atoms with Crippen molar-refractivity contribution in [3.05, 3.63) is 12.2 Å². The molecule has 0 saturated carbocycles. The number of hydrogen-bond acceptors (Lipinski definition) is 5. The van der Waals surface area contributed by atoms with Gasteiger partial charge in [-0.1, -0.05) is 34.6 Å². The Morgan fingerprint density at radius 1 is 1.62 bits per heavy atom. The summed E-state index contributed by atoms with van der Waals surface area (Å²) in [4.78, 5) is 10.1. The molecule has 0 aliphatic carbocycles. The van der Waals surface area contributed by atoms with Crippen LogP contribution in [0.3, 0.4) is 0 Å². The zero-order chi connectivity index (χ0) is 10.1. The second kappa shape index (κ2) is 8.80. The molecule has 1 atom stereocenters. The highest BCUT2D eigenvalue weighted by Crippen LogP contribution is 2.25. The molecule has 0 rings (SSSR count). The van der Waals surface area contributed by atoms with E-state index < -0.39 is 12.1 Å². The van der Waals surface area contributed by atoms with Crippen molar-refractivity contribution in [2.24, 2.45) is 0 Å². The third kappa shape index (κ3) is 10.1. The maximum absolute atomic E-state index is 10.1. The number of aliphatic carboxylic acids is 1. The Bertz CT molecular complexity index is 172. The summed E-state index contributed by atoms with van der Waals surface area (Å²) in [6.45, 7) is 0. The Labute approximate surface area is 90.2 Å². The van der Waals surface area contributed by atoms with E-state index >= 15 is 0 Å². The maximum Gasteiger partial charge on any atom is 0.306 e. The van der Waals surface area contributed by atoms with Gasteiger partial charge in [0.2, 0.25) is 0 Å². The van der Waals surface area contributed by atoms with Gasteiger partial charge in [-0.05, 0) is 16.2 Å². The van der Waals surface area contributed by atoms with E-state index in [1.807, 2.05) is 0 Å². The lowest BCUT2D eigenvalue weighted by Gasteiger charge is -1.99. The molecule has 0 aromatic rings. The predicted molar refractivity (Wildman–Crippen MR) is 61.1 cm³/mol. The number of rotatable bonds is 7. The Hall–Kier alpha value is 0.220. The summed E-state index contributed by atoms with van der Waals surface area (Å²) in [6, 6.07) is 0. The minimum absolute atomic E-state index is 0.231. The third-order valence-electron chi connectivity index (χ3n) is 1.16. The molecule has 0 spiro atoms. The highest BCUT2D eigenvalue weighted by Gasteiger charge is 2.03. The summed E-state index contributed by atoms with van der Waals surface area (Å²) < 4.78 is 0. The molecule has 0 bridgehead atoms. The number of thiol groups is 1. The first kappa shape index (κ1) is 13.2. The first-order chi connectivity index (χ1) is 6.16. The van der Waals surface area contributed by atoms with E-state index in [-0.39, 0.29) is 6.42 Å². The van der Waals surface area contributed by atoms with Crippen LogP contribution in [-0.2, 0) is 4.79 Å². The van der Waals surface area contributed by atoms with Crippen molar-refractivity contribution >= 4 is 38.2 Å². The van der Waals surface area contributed by atoms with Gasteiger partial charge in [-0.25, -0.2) is 0 Å². The van der Waals surface area contributed by atoms with Crippen LogP contribution in [0.4, 0.5) is 0 Å². The van der Waals surface area contributed by atoms with Gasteiger partial charge in [0.15, 0.2) is 0 Å². The molecule has 0 saturated heterocycles. The number of hydrogen-bond donors (Lipinski definition) is 3. The average molecular weight is 240 g/mol. The van der Waals surface area contributed by atoms with Gasteiger partial charge in [0.05, 0.1) is 12.5 Å². The maximum atomic E-state index is 10.1. The van der Waals surface area contributed by atoms with Crippen molar-refractivity contribution in [3.8, 4) is 0 Å². The van der Waals surface area contributed by atoms with Gasteiger partial charge < -0.3 is 10.2 Å². The average Bonchev–Trinajstić information content (AvgIpc) is 2.02. The van der Waals surface area contributed by atoms with Crippen LogP contribution in [0.15, 0.2) is 12.2 Å². The molecule has 3 nitrogen and oxygen atoms in total. The summed E-state index contributed by atoms with van der Waals surface area (Å²) in [7, 11) is 3.00. The molecule has 0 heterocycles. The van der Waals surface area contributed by atoms with Crippen LogP contribution in [0, 0.1) is 0 Å². The first-order valence-electron chi connectivity index (χ1n) is 3.66. The molecule has 6 heteroatoms. The van der Waals surface area contributed by atoms with Gasteiger partial charge >= 0.3 is 5.97 Å². The summed E-state index contributed by atoms with van der Waals surface area (Å²) in [5.41, 5.74) is 0. The highest BCUT2D eigenvalue weighted by molar-refractivity contribution is 9.05. The lowest BCUT2D eigenvalue weighted by molar-refractivity contribution is -0.138. The second-order valence-electron chi connectivity index (χ2n) is 2.28. The number of allylic oxidation sites excluding steroid dienone is 1. The van der Waals surface area contributed by atoms with Crippen LogP contribution in [0.25, 0.3) is 0 Å². The normalized spacial score (nSPS) is 13.4. The minimum atomic E-state index is -0.988. The molecule has 13 heavy (non-hydrogen) atoms. The van der Waals surface area contributed by atoms with Crippen LogP contribution in [0.5, 0.6) is 0 Å². The quantitative estimate of drug-likeness (QED) is 0.275. The van der Waals surface area contributed by atoms with Crippen molar-refractivity contribution in [1.29, 1.82) is 0 Å². The van der Waals surface area contributed by atoms with E-state index in [1.54, 1.807) is 16.9 Å². The van der Waals surface area contributed by atoms with E-state index in [0.717, 1.165) is 12.2 Å². The Balaban J connectivity index is 3.41. The van der Waals surface area contributed by atoms with Crippen LogP contribution in [0.1, 0.15) is 12.8 Å². The monoisotopic (exact) mass is 240 g/mol. The van der Waals surface area contributed by atoms with Crippen LogP contribution in [0.2, 0.25) is 0 Å². The van der Waals surface area contributed by atoms with Crippen LogP contribution in [-0.4, -0.2) is 28.0 Å². The van der Waals surface area contributed by atoms with E-state index in [0.29, 0.717) is 0 Å². The number of aliphatic hydroxyl groups excluding tert-OH is 1. The van der Waals surface area contributed by atoms with Crippen LogP contribution >= 0.6 is 32.3 Å². The molecular weight excluding hydrogens is 228 g/mol. The summed E-state index contributed by atoms with van der Waals surface area (Å²) in [5.74, 6) is -0.0813. The van der Waals surface area contributed by atoms with Crippen molar-refractivity contribution < 1.29 is 15.0 Å². The van der Waals surface area contributed by atoms with E-state index in [2.05, 4.69) is 11.7 Å². The van der Waals surface area contributed by atoms with Crippen molar-refractivity contribution in [1.82, 2.24) is 0 Å². The van der Waals surface area contributed by atoms with Gasteiger partial charge in [0, 0.05) is 5.75 Å². The smallest absolute Gasteiger partial charge is 0.306 e. The van der Waals surface area contributed by atoms with Crippen molar-refractivity contribution in [2.75, 3.05) is 5.75 Å². The summed E-state index contributed by atoms with van der Waals surface area (Å²) in [5, 5.41) is 17.4. The lowest BCUT2D eigenvalue weighted by atomic mass is 10.2. The van der Waals surface area contributed by atoms with Crippen molar-refractivity contribution in [3.63, 3.8) is 0 Å². The molecule has 0 fully saturated rings. The fourth-order valence-corrected chi connectivity index (χ4v) is 2.14. The molecule has 76 valence electrons. The number of carbonyl (C=O) groups is 1. The lowest BCUT2D eigenvalue weighted by Crippen LogP contribution is -2.09. The van der Waals surface area contributed by atoms with Crippen LogP contribution < -0.4 is 0 Å². The topological polar surface area (TPSA) is 57.5 Å². The molecule has 2 N–H and O–H groups in total. The van der Waals surface area contributed by atoms with E-state index in [9.17, 15) is 4.79 Å². The molecule has 0 amide bonds. The summed E-state index contributed by atoms with van der Waals surface area (Å²) in [6.07, 6.45) is 3.01. The van der Waals surface area contributed by atoms with Crippen molar-refractivity contribution in [2.45, 2.75) is 18.9 Å². The van der Waals surface area contributed by atoms with Gasteiger partial charge in [-0.15, -0.1) is 0 Å². The second-order valence-corrected chi connectivity index (χ2v) is 5.57. The molecular formula is C7H12O3S3. The van der Waals surface area contributed by atoms with E-state index in [1.165, 1.54) is 15.9 Å². The molecule has 0 radical (unpaired) electrons. The minimum Gasteiger partial charge on any atom is -0.481 e. The highest BCUT2D eigenvalue weighted by atomic mass is 33.5. The molecule has 0 aliphatic rings. The Morgan fingerprint density at radius 2 is 2.31 bits per heavy atom. The Morgan fingerprint density at radius 3 is 2.85 bits per heavy atom. The predicted octanol–water partition coefficient (Wildman–Crippen LogP) is 1.99. The molecule has 0 aromatic heterocycles. The van der Waals surface area contributed by atoms with Gasteiger partial charge in [-0.3, -0.25) is 4.79 Å². The van der Waals surface area contributed by atoms with Gasteiger partial charge in [-0.2, -0.15) is 0 Å². The zero-order valence-electron chi connectivity index (χ0n) is 6.92. The third-order valence-corrected chi connectivity index (χ3v) is 3.44. The standard InChI is InChI=1S/C7H12O3S3/c8-6(5-7(9)10)3-1-2-4-12-13-11/h1,3,6,8,11H,2,4-5H2,(H,9,10)/t6-/m1/s1. The molecule has 0 unspecified atom stereocenters. The zero-order valence-corrected chi connectivity index (χ0v) is 9.45. The Kier molecular flexibility index (Phi) is 8.95. The SMILES string of the molecule is O=C(O)C[C@H](O)C=CCCSSS. The summed E-state index contributed by atoms with van der Waals surface area (Å²) >= 11 is 3.94. The number of carboxylic acid groups (broad SMARTS) is 1. The fraction of sp³-hybridized carbons (Fsp3) is 0.571. The molecule has 0 aliphatic heterocycles. The van der Waals surface area contributed by atoms with Gasteiger partial charge in [0.1, 0.15) is 0 Å².